The number of carbonyl (C=O) groups excluding carboxylic acids is 1. The van der Waals surface area contributed by atoms with Crippen molar-refractivity contribution >= 4 is 55.1 Å². The number of carbonyl (C=O) groups is 1. The summed E-state index contributed by atoms with van der Waals surface area (Å²) < 4.78 is 15.0. The van der Waals surface area contributed by atoms with Crippen molar-refractivity contribution in [3.63, 3.8) is 0 Å². The molecule has 2 rings (SSSR count). The number of nitrogens with one attached hydrogen (secondary N) is 1. The van der Waals surface area contributed by atoms with Gasteiger partial charge in [0, 0.05) is 14.0 Å². The molecule has 0 heterocycles. The van der Waals surface area contributed by atoms with E-state index in [2.05, 4.69) is 37.2 Å². The molecule has 0 spiro atoms. The minimum absolute atomic E-state index is 0.0872. The Hall–Kier alpha value is -0.910. The smallest absolute Gasteiger partial charge is 0.256 e. The fourth-order valence-corrected chi connectivity index (χ4v) is 2.84. The van der Waals surface area contributed by atoms with Crippen molar-refractivity contribution in [3.8, 4) is 0 Å². The zero-order valence-corrected chi connectivity index (χ0v) is 13.3. The summed E-state index contributed by atoms with van der Waals surface area (Å²) in [5, 5.41) is 2.77. The number of hydrogen-bond acceptors (Lipinski definition) is 1. The minimum atomic E-state index is -0.575. The lowest BCUT2D eigenvalue weighted by molar-refractivity contribution is 0.102. The molecule has 1 N–H and O–H groups in total. The van der Waals surface area contributed by atoms with Crippen LogP contribution in [-0.4, -0.2) is 5.91 Å². The second-order valence-corrected chi connectivity index (χ2v) is 5.91. The van der Waals surface area contributed by atoms with Gasteiger partial charge in [-0.3, -0.25) is 4.79 Å². The molecule has 0 aliphatic heterocycles. The Morgan fingerprint density at radius 3 is 2.53 bits per heavy atom. The molecule has 1 amide bonds. The Morgan fingerprint density at radius 1 is 1.16 bits per heavy atom. The summed E-state index contributed by atoms with van der Waals surface area (Å²) in [6.45, 7) is 0. The maximum atomic E-state index is 13.6. The maximum Gasteiger partial charge on any atom is 0.256 e. The summed E-state index contributed by atoms with van der Waals surface area (Å²) in [7, 11) is 0. The molecular formula is C13H7Br2ClFNO. The summed E-state index contributed by atoms with van der Waals surface area (Å²) in [5.74, 6) is -0.977. The van der Waals surface area contributed by atoms with Crippen molar-refractivity contribution in [3.05, 3.63) is 61.7 Å². The third-order valence-corrected chi connectivity index (χ3v) is 3.74. The fourth-order valence-electron chi connectivity index (χ4n) is 1.45. The molecule has 2 aromatic rings. The van der Waals surface area contributed by atoms with Gasteiger partial charge in [0.15, 0.2) is 0 Å². The molecule has 0 aromatic heterocycles. The van der Waals surface area contributed by atoms with Crippen molar-refractivity contribution in [2.75, 3.05) is 5.32 Å². The van der Waals surface area contributed by atoms with Gasteiger partial charge < -0.3 is 5.32 Å². The summed E-state index contributed by atoms with van der Waals surface area (Å²) in [6, 6.07) is 9.19. The molecule has 0 bridgehead atoms. The largest absolute Gasteiger partial charge is 0.319 e. The van der Waals surface area contributed by atoms with Gasteiger partial charge in [-0.05, 0) is 52.3 Å². The van der Waals surface area contributed by atoms with E-state index >= 15 is 0 Å². The van der Waals surface area contributed by atoms with Gasteiger partial charge in [-0.15, -0.1) is 0 Å². The molecule has 2 aromatic carbocycles. The van der Waals surface area contributed by atoms with Crippen LogP contribution in [0.15, 0.2) is 45.3 Å². The van der Waals surface area contributed by atoms with Crippen LogP contribution in [0, 0.1) is 5.82 Å². The van der Waals surface area contributed by atoms with Crippen LogP contribution < -0.4 is 5.32 Å². The van der Waals surface area contributed by atoms with Gasteiger partial charge in [0.2, 0.25) is 0 Å². The highest BCUT2D eigenvalue weighted by molar-refractivity contribution is 9.11. The molecule has 0 unspecified atom stereocenters. The highest BCUT2D eigenvalue weighted by Crippen LogP contribution is 2.24. The molecule has 0 radical (unpaired) electrons. The van der Waals surface area contributed by atoms with Gasteiger partial charge >= 0.3 is 0 Å². The van der Waals surface area contributed by atoms with Crippen LogP contribution in [-0.2, 0) is 0 Å². The van der Waals surface area contributed by atoms with E-state index in [0.717, 1.165) is 10.5 Å². The fraction of sp³-hybridized carbons (Fsp3) is 0. The van der Waals surface area contributed by atoms with Crippen LogP contribution in [0.4, 0.5) is 10.1 Å². The van der Waals surface area contributed by atoms with E-state index in [0.29, 0.717) is 10.0 Å². The van der Waals surface area contributed by atoms with Gasteiger partial charge in [0.1, 0.15) is 5.82 Å². The minimum Gasteiger partial charge on any atom is -0.319 e. The van der Waals surface area contributed by atoms with Crippen molar-refractivity contribution in [1.82, 2.24) is 0 Å². The van der Waals surface area contributed by atoms with E-state index < -0.39 is 11.7 Å². The van der Waals surface area contributed by atoms with Crippen LogP contribution in [0.1, 0.15) is 10.4 Å². The summed E-state index contributed by atoms with van der Waals surface area (Å²) in [4.78, 5) is 12.0. The van der Waals surface area contributed by atoms with Crippen LogP contribution in [0.3, 0.4) is 0 Å². The Morgan fingerprint density at radius 2 is 1.89 bits per heavy atom. The average molecular weight is 407 g/mol. The van der Waals surface area contributed by atoms with Crippen molar-refractivity contribution in [2.24, 2.45) is 0 Å². The van der Waals surface area contributed by atoms with E-state index in [1.807, 2.05) is 0 Å². The molecule has 0 aliphatic rings. The molecule has 0 saturated heterocycles. The van der Waals surface area contributed by atoms with E-state index in [-0.39, 0.29) is 10.7 Å². The maximum absolute atomic E-state index is 13.6. The first-order valence-electron chi connectivity index (χ1n) is 5.19. The molecule has 6 heteroatoms. The highest BCUT2D eigenvalue weighted by Gasteiger charge is 2.12. The number of hydrogen-bond donors (Lipinski definition) is 1. The van der Waals surface area contributed by atoms with Gasteiger partial charge in [-0.2, -0.15) is 0 Å². The lowest BCUT2D eigenvalue weighted by Crippen LogP contribution is -2.13. The van der Waals surface area contributed by atoms with E-state index in [1.54, 1.807) is 18.2 Å². The number of amides is 1. The van der Waals surface area contributed by atoms with Gasteiger partial charge in [-0.1, -0.05) is 27.5 Å². The molecule has 0 fully saturated rings. The first kappa shape index (κ1) is 14.5. The Labute approximate surface area is 131 Å². The van der Waals surface area contributed by atoms with E-state index in [1.165, 1.54) is 12.1 Å². The van der Waals surface area contributed by atoms with Crippen LogP contribution in [0.5, 0.6) is 0 Å². The van der Waals surface area contributed by atoms with E-state index in [4.69, 9.17) is 11.6 Å². The van der Waals surface area contributed by atoms with Crippen molar-refractivity contribution in [2.45, 2.75) is 0 Å². The second kappa shape index (κ2) is 6.03. The van der Waals surface area contributed by atoms with Crippen LogP contribution in [0.2, 0.25) is 5.02 Å². The van der Waals surface area contributed by atoms with E-state index in [9.17, 15) is 9.18 Å². The summed E-state index contributed by atoms with van der Waals surface area (Å²) >= 11 is 12.2. The third-order valence-electron chi connectivity index (χ3n) is 2.36. The zero-order chi connectivity index (χ0) is 14.0. The molecule has 0 atom stereocenters. The molecule has 98 valence electrons. The molecule has 19 heavy (non-hydrogen) atoms. The Bertz CT molecular complexity index is 649. The quantitative estimate of drug-likeness (QED) is 0.723. The summed E-state index contributed by atoms with van der Waals surface area (Å²) in [5.41, 5.74) is 0.502. The monoisotopic (exact) mass is 405 g/mol. The lowest BCUT2D eigenvalue weighted by Gasteiger charge is -2.08. The molecule has 2 nitrogen and oxygen atoms in total. The van der Waals surface area contributed by atoms with Crippen molar-refractivity contribution < 1.29 is 9.18 Å². The predicted molar refractivity (Wildman–Crippen MR) is 81.2 cm³/mol. The second-order valence-electron chi connectivity index (χ2n) is 3.70. The third kappa shape index (κ3) is 3.55. The zero-order valence-electron chi connectivity index (χ0n) is 9.38. The first-order valence-corrected chi connectivity index (χ1v) is 7.15. The summed E-state index contributed by atoms with van der Waals surface area (Å²) in [6.07, 6.45) is 0. The normalized spacial score (nSPS) is 10.3. The van der Waals surface area contributed by atoms with Crippen LogP contribution in [0.25, 0.3) is 0 Å². The molecule has 0 saturated carbocycles. The van der Waals surface area contributed by atoms with Crippen LogP contribution >= 0.6 is 43.5 Å². The SMILES string of the molecule is O=C(Nc1ccc(Cl)cc1F)c1ccc(Br)cc1Br. The van der Waals surface area contributed by atoms with Gasteiger partial charge in [0.05, 0.1) is 11.3 Å². The number of benzene rings is 2. The Kier molecular flexibility index (Phi) is 4.60. The lowest BCUT2D eigenvalue weighted by atomic mass is 10.2. The number of anilines is 1. The van der Waals surface area contributed by atoms with Crippen molar-refractivity contribution in [1.29, 1.82) is 0 Å². The predicted octanol–water partition coefficient (Wildman–Crippen LogP) is 5.26. The highest BCUT2D eigenvalue weighted by atomic mass is 79.9. The molecule has 0 aliphatic carbocycles. The average Bonchev–Trinajstić information content (AvgIpc) is 2.32. The first-order chi connectivity index (χ1) is 8.97. The van der Waals surface area contributed by atoms with Gasteiger partial charge in [-0.25, -0.2) is 4.39 Å². The standard InChI is InChI=1S/C13H7Br2ClFNO/c14-7-1-3-9(10(15)5-7)13(19)18-12-4-2-8(16)6-11(12)17/h1-6H,(H,18,19). The Balaban J connectivity index is 2.25. The van der Waals surface area contributed by atoms with Gasteiger partial charge in [0.25, 0.3) is 5.91 Å². The number of rotatable bonds is 2. The molecular weight excluding hydrogens is 400 g/mol. The number of halogens is 4. The topological polar surface area (TPSA) is 29.1 Å².